The predicted octanol–water partition coefficient (Wildman–Crippen LogP) is 4.91. The molecule has 2 aromatic carbocycles. The maximum Gasteiger partial charge on any atom is 0.257 e. The van der Waals surface area contributed by atoms with E-state index in [1.54, 1.807) is 24.3 Å². The van der Waals surface area contributed by atoms with Gasteiger partial charge in [0.15, 0.2) is 0 Å². The number of halogens is 2. The number of hydrogen-bond donors (Lipinski definition) is 1. The smallest absolute Gasteiger partial charge is 0.257 e. The highest BCUT2D eigenvalue weighted by atomic mass is 35.5. The highest BCUT2D eigenvalue weighted by molar-refractivity contribution is 6.30. The number of carbonyl (C=O) groups is 2. The minimum absolute atomic E-state index is 0.00170. The van der Waals surface area contributed by atoms with Gasteiger partial charge in [-0.15, -0.1) is 0 Å². The summed E-state index contributed by atoms with van der Waals surface area (Å²) in [7, 11) is 0. The third-order valence-electron chi connectivity index (χ3n) is 5.66. The number of fused-ring (bicyclic) bond motifs is 2. The number of benzene rings is 2. The van der Waals surface area contributed by atoms with Gasteiger partial charge in [0.05, 0.1) is 16.3 Å². The van der Waals surface area contributed by atoms with E-state index in [1.807, 2.05) is 4.90 Å². The highest BCUT2D eigenvalue weighted by Crippen LogP contribution is 2.35. The average molecular weight is 416 g/mol. The molecule has 1 saturated heterocycles. The van der Waals surface area contributed by atoms with Gasteiger partial charge in [-0.05, 0) is 62.6 Å². The van der Waals surface area contributed by atoms with Crippen LogP contribution in [-0.4, -0.2) is 36.0 Å². The molecule has 2 aromatic rings. The molecule has 0 aliphatic carbocycles. The van der Waals surface area contributed by atoms with E-state index in [1.165, 1.54) is 12.1 Å². The van der Waals surface area contributed by atoms with E-state index in [-0.39, 0.29) is 23.0 Å². The zero-order valence-corrected chi connectivity index (χ0v) is 17.0. The van der Waals surface area contributed by atoms with Crippen LogP contribution in [-0.2, 0) is 0 Å². The fourth-order valence-corrected chi connectivity index (χ4v) is 4.33. The summed E-state index contributed by atoms with van der Waals surface area (Å²) in [5.74, 6) is -0.921. The summed E-state index contributed by atoms with van der Waals surface area (Å²) in [5.41, 5.74) is 2.16. The summed E-state index contributed by atoms with van der Waals surface area (Å²) < 4.78 is 13.7. The van der Waals surface area contributed by atoms with Gasteiger partial charge in [0.2, 0.25) is 0 Å². The molecule has 0 aromatic heterocycles. The second-order valence-corrected chi connectivity index (χ2v) is 7.84. The Morgan fingerprint density at radius 1 is 1.21 bits per heavy atom. The van der Waals surface area contributed by atoms with E-state index in [9.17, 15) is 14.0 Å². The van der Waals surface area contributed by atoms with Crippen LogP contribution < -0.4 is 10.2 Å². The van der Waals surface area contributed by atoms with Crippen molar-refractivity contribution in [1.29, 1.82) is 0 Å². The molecule has 0 saturated carbocycles. The predicted molar refractivity (Wildman–Crippen MR) is 112 cm³/mol. The largest absolute Gasteiger partial charge is 0.351 e. The number of carbonyl (C=O) groups excluding carboxylic acids is 2. The Morgan fingerprint density at radius 2 is 2.03 bits per heavy atom. The van der Waals surface area contributed by atoms with Gasteiger partial charge in [-0.2, -0.15) is 0 Å². The lowest BCUT2D eigenvalue weighted by Crippen LogP contribution is -2.55. The Balaban J connectivity index is 1.65. The van der Waals surface area contributed by atoms with Gasteiger partial charge in [0.1, 0.15) is 12.0 Å². The van der Waals surface area contributed by atoms with Gasteiger partial charge in [0, 0.05) is 24.3 Å². The standard InChI is InChI=1S/C22H23ClFN3O2/c1-2-26-19-12-14(21(28)25-15-8-10-17(23)18(24)13-15)7-9-16(19)22(29)27-11-5-3-4-6-20(26)27/h7-10,12-13,20H,2-6,11H2,1H3,(H,25,28). The topological polar surface area (TPSA) is 52.7 Å². The van der Waals surface area contributed by atoms with Crippen molar-refractivity contribution in [2.45, 2.75) is 38.8 Å². The van der Waals surface area contributed by atoms with Gasteiger partial charge in [-0.1, -0.05) is 18.0 Å². The van der Waals surface area contributed by atoms with Crippen molar-refractivity contribution in [3.63, 3.8) is 0 Å². The molecule has 29 heavy (non-hydrogen) atoms. The fourth-order valence-electron chi connectivity index (χ4n) is 4.22. The quantitative estimate of drug-likeness (QED) is 0.774. The Morgan fingerprint density at radius 3 is 2.79 bits per heavy atom. The molecular weight excluding hydrogens is 393 g/mol. The van der Waals surface area contributed by atoms with Crippen molar-refractivity contribution >= 4 is 34.8 Å². The highest BCUT2D eigenvalue weighted by Gasteiger charge is 2.37. The molecular formula is C22H23ClFN3O2. The Hall–Kier alpha value is -2.60. The van der Waals surface area contributed by atoms with Crippen LogP contribution in [0.15, 0.2) is 36.4 Å². The van der Waals surface area contributed by atoms with E-state index in [4.69, 9.17) is 11.6 Å². The van der Waals surface area contributed by atoms with Crippen LogP contribution in [0, 0.1) is 5.82 Å². The molecule has 152 valence electrons. The molecule has 0 spiro atoms. The molecule has 2 aliphatic heterocycles. The van der Waals surface area contributed by atoms with Crippen molar-refractivity contribution in [2.24, 2.45) is 0 Å². The first-order chi connectivity index (χ1) is 14.0. The maximum absolute atomic E-state index is 13.7. The van der Waals surface area contributed by atoms with Crippen LogP contribution in [0.3, 0.4) is 0 Å². The molecule has 0 radical (unpaired) electrons. The monoisotopic (exact) mass is 415 g/mol. The molecule has 5 nitrogen and oxygen atoms in total. The van der Waals surface area contributed by atoms with Crippen LogP contribution in [0.5, 0.6) is 0 Å². The Bertz CT molecular complexity index is 965. The average Bonchev–Trinajstić information content (AvgIpc) is 2.97. The zero-order valence-electron chi connectivity index (χ0n) is 16.3. The summed E-state index contributed by atoms with van der Waals surface area (Å²) in [6.45, 7) is 3.57. The minimum atomic E-state index is -0.592. The molecule has 1 unspecified atom stereocenters. The van der Waals surface area contributed by atoms with Crippen LogP contribution in [0.4, 0.5) is 15.8 Å². The first-order valence-corrected chi connectivity index (χ1v) is 10.4. The normalized spacial score (nSPS) is 18.7. The van der Waals surface area contributed by atoms with Gasteiger partial charge in [-0.3, -0.25) is 9.59 Å². The summed E-state index contributed by atoms with van der Waals surface area (Å²) in [4.78, 5) is 30.0. The van der Waals surface area contributed by atoms with E-state index in [2.05, 4.69) is 17.1 Å². The third kappa shape index (κ3) is 3.69. The SMILES string of the molecule is CCN1c2cc(C(=O)Nc3ccc(Cl)c(F)c3)ccc2C(=O)N2CCCCCC21. The number of nitrogens with one attached hydrogen (secondary N) is 1. The van der Waals surface area contributed by atoms with Crippen LogP contribution in [0.25, 0.3) is 0 Å². The molecule has 7 heteroatoms. The number of rotatable bonds is 3. The van der Waals surface area contributed by atoms with Crippen molar-refractivity contribution in [3.05, 3.63) is 58.4 Å². The lowest BCUT2D eigenvalue weighted by atomic mass is 10.0. The molecule has 2 heterocycles. The van der Waals surface area contributed by atoms with E-state index >= 15 is 0 Å². The molecule has 2 amide bonds. The first-order valence-electron chi connectivity index (χ1n) is 9.97. The van der Waals surface area contributed by atoms with Gasteiger partial charge in [-0.25, -0.2) is 4.39 Å². The third-order valence-corrected chi connectivity index (χ3v) is 5.97. The summed E-state index contributed by atoms with van der Waals surface area (Å²) in [5, 5.41) is 2.69. The summed E-state index contributed by atoms with van der Waals surface area (Å²) in [6.07, 6.45) is 4.20. The molecule has 1 atom stereocenters. The maximum atomic E-state index is 13.7. The molecule has 4 rings (SSSR count). The number of anilines is 2. The van der Waals surface area contributed by atoms with Crippen LogP contribution >= 0.6 is 11.6 Å². The lowest BCUT2D eigenvalue weighted by molar-refractivity contribution is 0.0656. The molecule has 1 fully saturated rings. The zero-order chi connectivity index (χ0) is 20.5. The minimum Gasteiger partial charge on any atom is -0.351 e. The van der Waals surface area contributed by atoms with Gasteiger partial charge >= 0.3 is 0 Å². The van der Waals surface area contributed by atoms with E-state index in [0.29, 0.717) is 16.8 Å². The molecule has 1 N–H and O–H groups in total. The number of hydrogen-bond acceptors (Lipinski definition) is 3. The first kappa shape index (κ1) is 19.7. The van der Waals surface area contributed by atoms with E-state index in [0.717, 1.165) is 44.5 Å². The van der Waals surface area contributed by atoms with Crippen LogP contribution in [0.1, 0.15) is 53.3 Å². The van der Waals surface area contributed by atoms with Gasteiger partial charge < -0.3 is 15.1 Å². The van der Waals surface area contributed by atoms with Crippen molar-refractivity contribution in [3.8, 4) is 0 Å². The van der Waals surface area contributed by atoms with Crippen molar-refractivity contribution in [2.75, 3.05) is 23.3 Å². The van der Waals surface area contributed by atoms with E-state index < -0.39 is 5.82 Å². The lowest BCUT2D eigenvalue weighted by Gasteiger charge is -2.44. The summed E-state index contributed by atoms with van der Waals surface area (Å²) >= 11 is 5.70. The van der Waals surface area contributed by atoms with Crippen molar-refractivity contribution < 1.29 is 14.0 Å². The fraction of sp³-hybridized carbons (Fsp3) is 0.364. The Labute approximate surface area is 174 Å². The summed E-state index contributed by atoms with van der Waals surface area (Å²) in [6, 6.07) is 9.26. The number of amides is 2. The van der Waals surface area contributed by atoms with Crippen molar-refractivity contribution in [1.82, 2.24) is 4.90 Å². The Kier molecular flexibility index (Phi) is 5.46. The van der Waals surface area contributed by atoms with Crippen LogP contribution in [0.2, 0.25) is 5.02 Å². The molecule has 2 aliphatic rings. The number of nitrogens with zero attached hydrogens (tertiary/aromatic N) is 2. The van der Waals surface area contributed by atoms with Gasteiger partial charge in [0.25, 0.3) is 11.8 Å². The second-order valence-electron chi connectivity index (χ2n) is 7.43. The molecule has 0 bridgehead atoms. The second kappa shape index (κ2) is 8.03.